The largest absolute Gasteiger partial charge is 0.0671 e. The first kappa shape index (κ1) is 12.8. The van der Waals surface area contributed by atoms with E-state index in [1.807, 2.05) is 0 Å². The molecule has 20 heavy (non-hydrogen) atoms. The predicted octanol–water partition coefficient (Wildman–Crippen LogP) is 7.98. The van der Waals surface area contributed by atoms with Crippen molar-refractivity contribution in [1.82, 2.24) is 0 Å². The monoisotopic (exact) mass is 326 g/mol. The molecule has 0 spiro atoms. The van der Waals surface area contributed by atoms with Gasteiger partial charge in [0, 0.05) is 20.5 Å². The Kier molecular flexibility index (Phi) is 3.52. The number of rotatable bonds is 1. The van der Waals surface area contributed by atoms with Crippen molar-refractivity contribution < 1.29 is 0 Å². The van der Waals surface area contributed by atoms with E-state index >= 15 is 0 Å². The number of benzene rings is 2. The first-order valence-corrected chi connectivity index (χ1v) is 10.2. The third kappa shape index (κ3) is 2.19. The van der Waals surface area contributed by atoms with Crippen molar-refractivity contribution in [3.05, 3.63) is 59.6 Å². The van der Waals surface area contributed by atoms with Gasteiger partial charge in [0.1, 0.15) is 0 Å². The standard InChI is InChI=1S/C16H10P4/c1-3-11(15-13(5-1)17-7-9-19-15)12-4-2-6-14-16(12)20-10-8-18-14/h1-10H. The molecule has 4 heteroatoms. The topological polar surface area (TPSA) is 0 Å². The van der Waals surface area contributed by atoms with Crippen LogP contribution in [-0.2, 0) is 0 Å². The van der Waals surface area contributed by atoms with Crippen molar-refractivity contribution >= 4 is 53.2 Å². The highest BCUT2D eigenvalue weighted by Gasteiger charge is 2.07. The Labute approximate surface area is 124 Å². The molecule has 2 aromatic heterocycles. The summed E-state index contributed by atoms with van der Waals surface area (Å²) in [4.78, 5) is 0. The van der Waals surface area contributed by atoms with Gasteiger partial charge in [0.25, 0.3) is 0 Å². The fraction of sp³-hybridized carbons (Fsp3) is 0. The maximum absolute atomic E-state index is 2.28. The van der Waals surface area contributed by atoms with Crippen LogP contribution >= 0.6 is 32.8 Å². The van der Waals surface area contributed by atoms with E-state index in [1.54, 1.807) is 0 Å². The van der Waals surface area contributed by atoms with Gasteiger partial charge in [-0.25, -0.2) is 0 Å². The van der Waals surface area contributed by atoms with Gasteiger partial charge in [-0.1, -0.05) is 57.0 Å². The zero-order valence-electron chi connectivity index (χ0n) is 10.6. The van der Waals surface area contributed by atoms with Crippen molar-refractivity contribution in [1.29, 1.82) is 0 Å². The molecule has 0 fully saturated rings. The van der Waals surface area contributed by atoms with Gasteiger partial charge in [-0.05, 0) is 46.5 Å². The SMILES string of the molecule is c1cc(-c2cccc3pccpc23)c2pccpc2c1. The first-order chi connectivity index (χ1) is 9.93. The Balaban J connectivity index is 2.12. The molecular weight excluding hydrogens is 316 g/mol. The lowest BCUT2D eigenvalue weighted by Crippen LogP contribution is -1.78. The minimum atomic E-state index is 1.32. The summed E-state index contributed by atoms with van der Waals surface area (Å²) in [6.07, 6.45) is 0. The van der Waals surface area contributed by atoms with E-state index in [0.29, 0.717) is 0 Å². The van der Waals surface area contributed by atoms with Gasteiger partial charge in [0.05, 0.1) is 0 Å². The third-order valence-corrected chi connectivity index (χ3v) is 8.08. The molecule has 94 valence electrons. The summed E-state index contributed by atoms with van der Waals surface area (Å²) in [6.45, 7) is 0. The second-order valence-electron chi connectivity index (χ2n) is 4.46. The van der Waals surface area contributed by atoms with Gasteiger partial charge in [-0.3, -0.25) is 0 Å². The molecule has 0 N–H and O–H groups in total. The second kappa shape index (κ2) is 5.48. The summed E-state index contributed by atoms with van der Waals surface area (Å²) >= 11 is 0. The van der Waals surface area contributed by atoms with E-state index in [9.17, 15) is 0 Å². The van der Waals surface area contributed by atoms with Crippen molar-refractivity contribution in [2.45, 2.75) is 0 Å². The van der Waals surface area contributed by atoms with E-state index in [1.165, 1.54) is 64.4 Å². The molecule has 0 aliphatic carbocycles. The van der Waals surface area contributed by atoms with Crippen LogP contribution in [0.2, 0.25) is 0 Å². The molecule has 0 atom stereocenters. The fourth-order valence-electron chi connectivity index (χ4n) is 2.42. The molecule has 0 saturated carbocycles. The Morgan fingerprint density at radius 1 is 0.500 bits per heavy atom. The van der Waals surface area contributed by atoms with Crippen LogP contribution in [0.1, 0.15) is 0 Å². The highest BCUT2D eigenvalue weighted by atomic mass is 31.1. The highest BCUT2D eigenvalue weighted by molar-refractivity contribution is 7.46. The molecule has 4 aromatic rings. The molecule has 0 aliphatic rings. The number of hydrogen-bond acceptors (Lipinski definition) is 0. The molecule has 0 radical (unpaired) electrons. The molecule has 0 aliphatic heterocycles. The molecule has 0 bridgehead atoms. The summed E-state index contributed by atoms with van der Waals surface area (Å²) in [5.41, 5.74) is 2.83. The van der Waals surface area contributed by atoms with E-state index in [-0.39, 0.29) is 0 Å². The Morgan fingerprint density at radius 2 is 0.950 bits per heavy atom. The van der Waals surface area contributed by atoms with Gasteiger partial charge in [-0.15, -0.1) is 0 Å². The summed E-state index contributed by atoms with van der Waals surface area (Å²) in [6, 6.07) is 13.5. The minimum Gasteiger partial charge on any atom is -0.0671 e. The molecule has 4 rings (SSSR count). The first-order valence-electron chi connectivity index (χ1n) is 6.33. The van der Waals surface area contributed by atoms with Crippen LogP contribution in [0.25, 0.3) is 31.6 Å². The van der Waals surface area contributed by atoms with Gasteiger partial charge < -0.3 is 0 Å². The normalized spacial score (nSPS) is 12.6. The van der Waals surface area contributed by atoms with Gasteiger partial charge in [-0.2, -0.15) is 0 Å². The summed E-state index contributed by atoms with van der Waals surface area (Å²) < 4.78 is 0. The van der Waals surface area contributed by atoms with Crippen LogP contribution in [-0.4, -0.2) is 0 Å². The molecule has 0 unspecified atom stereocenters. The van der Waals surface area contributed by atoms with Crippen LogP contribution in [0.4, 0.5) is 0 Å². The van der Waals surface area contributed by atoms with E-state index in [2.05, 4.69) is 59.6 Å². The lowest BCUT2D eigenvalue weighted by molar-refractivity contribution is 1.78. The molecular formula is C16H10P4. The van der Waals surface area contributed by atoms with Crippen LogP contribution in [0.3, 0.4) is 0 Å². The number of fused-ring (bicyclic) bond motifs is 2. The summed E-state index contributed by atoms with van der Waals surface area (Å²) in [7, 11) is 5.30. The highest BCUT2D eigenvalue weighted by Crippen LogP contribution is 2.42. The minimum absolute atomic E-state index is 1.32. The van der Waals surface area contributed by atoms with Crippen molar-refractivity contribution in [3.8, 4) is 11.1 Å². The lowest BCUT2D eigenvalue weighted by Gasteiger charge is -2.08. The zero-order valence-corrected chi connectivity index (χ0v) is 14.1. The molecule has 0 saturated heterocycles. The van der Waals surface area contributed by atoms with Crippen LogP contribution in [0.15, 0.2) is 59.6 Å². The second-order valence-corrected chi connectivity index (χ2v) is 8.54. The van der Waals surface area contributed by atoms with Crippen LogP contribution in [0, 0.1) is 0 Å². The van der Waals surface area contributed by atoms with Gasteiger partial charge in [0.15, 0.2) is 0 Å². The molecule has 2 aromatic carbocycles. The Bertz CT molecular complexity index is 830. The quantitative estimate of drug-likeness (QED) is 0.332. The molecule has 0 amide bonds. The Morgan fingerprint density at radius 3 is 1.45 bits per heavy atom. The van der Waals surface area contributed by atoms with Crippen molar-refractivity contribution in [2.24, 2.45) is 0 Å². The average molecular weight is 326 g/mol. The maximum Gasteiger partial charge on any atom is 0.0215 e. The van der Waals surface area contributed by atoms with Gasteiger partial charge in [0.2, 0.25) is 0 Å². The van der Waals surface area contributed by atoms with E-state index in [0.717, 1.165) is 0 Å². The maximum atomic E-state index is 2.28. The smallest absolute Gasteiger partial charge is 0.0215 e. The molecule has 0 nitrogen and oxygen atoms in total. The summed E-state index contributed by atoms with van der Waals surface area (Å²) in [5.74, 6) is 9.01. The zero-order chi connectivity index (χ0) is 13.4. The Hall–Kier alpha value is -0.880. The van der Waals surface area contributed by atoms with Crippen molar-refractivity contribution in [3.63, 3.8) is 0 Å². The van der Waals surface area contributed by atoms with E-state index < -0.39 is 0 Å². The number of hydrogen-bond donors (Lipinski definition) is 0. The lowest BCUT2D eigenvalue weighted by atomic mass is 10.1. The van der Waals surface area contributed by atoms with Gasteiger partial charge >= 0.3 is 0 Å². The fourth-order valence-corrected chi connectivity index (χ4v) is 6.71. The van der Waals surface area contributed by atoms with Crippen molar-refractivity contribution in [2.75, 3.05) is 0 Å². The molecule has 2 heterocycles. The average Bonchev–Trinajstić information content (AvgIpc) is 2.54. The third-order valence-electron chi connectivity index (χ3n) is 3.29. The van der Waals surface area contributed by atoms with Crippen LogP contribution < -0.4 is 0 Å². The van der Waals surface area contributed by atoms with Crippen LogP contribution in [0.5, 0.6) is 0 Å². The predicted molar refractivity (Wildman–Crippen MR) is 96.9 cm³/mol. The summed E-state index contributed by atoms with van der Waals surface area (Å²) in [5, 5.41) is 5.85. The van der Waals surface area contributed by atoms with E-state index in [4.69, 9.17) is 0 Å².